The molecule has 1 N–H and O–H groups in total. The van der Waals surface area contributed by atoms with Crippen LogP contribution < -0.4 is 5.32 Å². The Kier molecular flexibility index (Phi) is 4.66. The number of benzene rings is 2. The maximum Gasteiger partial charge on any atom is 0.252 e. The number of carbonyl (C=O) groups is 1. The highest BCUT2D eigenvalue weighted by molar-refractivity contribution is 14.1. The van der Waals surface area contributed by atoms with E-state index in [0.29, 0.717) is 12.1 Å². The summed E-state index contributed by atoms with van der Waals surface area (Å²) >= 11 is 2.18. The molecule has 1 heterocycles. The maximum atomic E-state index is 12.3. The van der Waals surface area contributed by atoms with Gasteiger partial charge in [0.2, 0.25) is 0 Å². The monoisotopic (exact) mass is 419 g/mol. The van der Waals surface area contributed by atoms with E-state index in [2.05, 4.69) is 45.5 Å². The quantitative estimate of drug-likeness (QED) is 0.656. The van der Waals surface area contributed by atoms with E-state index in [1.54, 1.807) is 0 Å². The average molecular weight is 419 g/mol. The van der Waals surface area contributed by atoms with Gasteiger partial charge in [0.15, 0.2) is 0 Å². The Balaban J connectivity index is 1.74. The van der Waals surface area contributed by atoms with Gasteiger partial charge in [-0.1, -0.05) is 31.2 Å². The summed E-state index contributed by atoms with van der Waals surface area (Å²) in [4.78, 5) is 17.0. The van der Waals surface area contributed by atoms with Crippen molar-refractivity contribution in [1.82, 2.24) is 14.9 Å². The third kappa shape index (κ3) is 3.24. The minimum absolute atomic E-state index is 0.0411. The molecule has 5 heteroatoms. The topological polar surface area (TPSA) is 46.9 Å². The minimum Gasteiger partial charge on any atom is -0.351 e. The highest BCUT2D eigenvalue weighted by atomic mass is 127. The predicted octanol–water partition coefficient (Wildman–Crippen LogP) is 3.71. The van der Waals surface area contributed by atoms with Crippen LogP contribution in [0.2, 0.25) is 0 Å². The number of para-hydroxylation sites is 2. The van der Waals surface area contributed by atoms with E-state index in [4.69, 9.17) is 4.98 Å². The van der Waals surface area contributed by atoms with Crippen LogP contribution in [0.1, 0.15) is 29.0 Å². The van der Waals surface area contributed by atoms with Crippen LogP contribution in [0.3, 0.4) is 0 Å². The van der Waals surface area contributed by atoms with E-state index in [-0.39, 0.29) is 11.8 Å². The zero-order valence-electron chi connectivity index (χ0n) is 13.1. The van der Waals surface area contributed by atoms with Gasteiger partial charge >= 0.3 is 0 Å². The number of rotatable bonds is 4. The molecule has 4 nitrogen and oxygen atoms in total. The number of nitrogens with zero attached hydrogens (tertiary/aromatic N) is 2. The number of hydrogen-bond donors (Lipinski definition) is 1. The Morgan fingerprint density at radius 1 is 1.22 bits per heavy atom. The molecule has 1 amide bonds. The van der Waals surface area contributed by atoms with E-state index in [9.17, 15) is 4.79 Å². The Morgan fingerprint density at radius 3 is 2.65 bits per heavy atom. The number of imidazole rings is 1. The lowest BCUT2D eigenvalue weighted by atomic mass is 10.1. The lowest BCUT2D eigenvalue weighted by Gasteiger charge is -2.13. The molecule has 1 unspecified atom stereocenters. The lowest BCUT2D eigenvalue weighted by molar-refractivity contribution is 0.0950. The fourth-order valence-corrected chi connectivity index (χ4v) is 3.31. The number of aryl methyl sites for hydroxylation is 1. The van der Waals surface area contributed by atoms with Crippen molar-refractivity contribution in [2.75, 3.05) is 6.54 Å². The molecule has 2 aromatic carbocycles. The normalized spacial score (nSPS) is 12.3. The van der Waals surface area contributed by atoms with Crippen LogP contribution >= 0.6 is 22.6 Å². The predicted molar refractivity (Wildman–Crippen MR) is 101 cm³/mol. The van der Waals surface area contributed by atoms with Gasteiger partial charge in [0.25, 0.3) is 5.91 Å². The molecule has 0 aliphatic rings. The molecule has 0 spiro atoms. The summed E-state index contributed by atoms with van der Waals surface area (Å²) in [5.41, 5.74) is 2.81. The molecule has 1 aromatic heterocycles. The maximum absolute atomic E-state index is 12.3. The second-order valence-electron chi connectivity index (χ2n) is 5.61. The third-order valence-corrected chi connectivity index (χ3v) is 4.89. The number of hydrogen-bond acceptors (Lipinski definition) is 2. The second kappa shape index (κ2) is 6.70. The van der Waals surface area contributed by atoms with Crippen molar-refractivity contribution in [3.05, 3.63) is 63.5 Å². The molecular weight excluding hydrogens is 401 g/mol. The Bertz CT molecular complexity index is 856. The highest BCUT2D eigenvalue weighted by Gasteiger charge is 2.16. The summed E-state index contributed by atoms with van der Waals surface area (Å²) in [5, 5.41) is 3.01. The smallest absolute Gasteiger partial charge is 0.252 e. The van der Waals surface area contributed by atoms with Gasteiger partial charge in [-0.2, -0.15) is 0 Å². The summed E-state index contributed by atoms with van der Waals surface area (Å²) < 4.78 is 3.05. The summed E-state index contributed by atoms with van der Waals surface area (Å²) in [6.45, 7) is 2.64. The van der Waals surface area contributed by atoms with Crippen LogP contribution in [-0.4, -0.2) is 22.0 Å². The van der Waals surface area contributed by atoms with Gasteiger partial charge in [0.1, 0.15) is 5.82 Å². The Labute approximate surface area is 149 Å². The summed E-state index contributed by atoms with van der Waals surface area (Å²) in [7, 11) is 2.02. The molecule has 0 radical (unpaired) electrons. The molecule has 0 aliphatic carbocycles. The van der Waals surface area contributed by atoms with Crippen molar-refractivity contribution in [2.45, 2.75) is 12.8 Å². The van der Waals surface area contributed by atoms with E-state index < -0.39 is 0 Å². The molecule has 0 saturated carbocycles. The first-order valence-corrected chi connectivity index (χ1v) is 8.60. The second-order valence-corrected chi connectivity index (χ2v) is 6.77. The molecule has 118 valence electrons. The number of halogens is 1. The number of fused-ring (bicyclic) bond motifs is 1. The van der Waals surface area contributed by atoms with Crippen LogP contribution in [0.15, 0.2) is 48.5 Å². The first-order chi connectivity index (χ1) is 11.1. The Morgan fingerprint density at radius 2 is 1.91 bits per heavy atom. The lowest BCUT2D eigenvalue weighted by Crippen LogP contribution is -2.29. The van der Waals surface area contributed by atoms with Gasteiger partial charge in [-0.15, -0.1) is 0 Å². The summed E-state index contributed by atoms with van der Waals surface area (Å²) in [6.07, 6.45) is 0. The SMILES string of the molecule is CC(CNC(=O)c1ccccc1I)c1nc2ccccc2n1C. The molecule has 23 heavy (non-hydrogen) atoms. The average Bonchev–Trinajstić information content (AvgIpc) is 2.90. The van der Waals surface area contributed by atoms with Gasteiger partial charge in [0, 0.05) is 23.1 Å². The molecule has 1 atom stereocenters. The van der Waals surface area contributed by atoms with Crippen molar-refractivity contribution in [2.24, 2.45) is 7.05 Å². The Hall–Kier alpha value is -1.89. The van der Waals surface area contributed by atoms with E-state index in [1.165, 1.54) is 0 Å². The first-order valence-electron chi connectivity index (χ1n) is 7.52. The zero-order chi connectivity index (χ0) is 16.4. The molecule has 0 bridgehead atoms. The molecule has 0 aliphatic heterocycles. The van der Waals surface area contributed by atoms with Gasteiger partial charge < -0.3 is 9.88 Å². The van der Waals surface area contributed by atoms with Crippen molar-refractivity contribution < 1.29 is 4.79 Å². The van der Waals surface area contributed by atoms with E-state index in [1.807, 2.05) is 49.5 Å². The van der Waals surface area contributed by atoms with Gasteiger partial charge in [-0.05, 0) is 46.9 Å². The van der Waals surface area contributed by atoms with Crippen molar-refractivity contribution >= 4 is 39.5 Å². The molecule has 3 rings (SSSR count). The van der Waals surface area contributed by atoms with E-state index in [0.717, 1.165) is 20.4 Å². The fraction of sp³-hybridized carbons (Fsp3) is 0.222. The number of carbonyl (C=O) groups excluding carboxylic acids is 1. The van der Waals surface area contributed by atoms with E-state index >= 15 is 0 Å². The fourth-order valence-electron chi connectivity index (χ4n) is 2.68. The van der Waals surface area contributed by atoms with Gasteiger partial charge in [-0.3, -0.25) is 4.79 Å². The molecule has 0 fully saturated rings. The first kappa shape index (κ1) is 16.0. The highest BCUT2D eigenvalue weighted by Crippen LogP contribution is 2.20. The third-order valence-electron chi connectivity index (χ3n) is 3.95. The van der Waals surface area contributed by atoms with Crippen LogP contribution in [0.4, 0.5) is 0 Å². The number of aromatic nitrogens is 2. The number of nitrogens with one attached hydrogen (secondary N) is 1. The standard InChI is InChI=1S/C18H18IN3O/c1-12(11-20-18(23)13-7-3-4-8-14(13)19)17-21-15-9-5-6-10-16(15)22(17)2/h3-10,12H,11H2,1-2H3,(H,20,23). The van der Waals surface area contributed by atoms with Crippen LogP contribution in [0.5, 0.6) is 0 Å². The van der Waals surface area contributed by atoms with Crippen molar-refractivity contribution in [1.29, 1.82) is 0 Å². The number of amides is 1. The van der Waals surface area contributed by atoms with Crippen molar-refractivity contribution in [3.8, 4) is 0 Å². The van der Waals surface area contributed by atoms with Gasteiger partial charge in [0.05, 0.1) is 16.6 Å². The van der Waals surface area contributed by atoms with Gasteiger partial charge in [-0.25, -0.2) is 4.98 Å². The molecule has 0 saturated heterocycles. The van der Waals surface area contributed by atoms with Crippen LogP contribution in [0, 0.1) is 3.57 Å². The van der Waals surface area contributed by atoms with Crippen molar-refractivity contribution in [3.63, 3.8) is 0 Å². The summed E-state index contributed by atoms with van der Waals surface area (Å²) in [6, 6.07) is 15.7. The molecule has 3 aromatic rings. The minimum atomic E-state index is -0.0411. The summed E-state index contributed by atoms with van der Waals surface area (Å²) in [5.74, 6) is 1.08. The largest absolute Gasteiger partial charge is 0.351 e. The van der Waals surface area contributed by atoms with Crippen LogP contribution in [0.25, 0.3) is 11.0 Å². The van der Waals surface area contributed by atoms with Crippen LogP contribution in [-0.2, 0) is 7.05 Å². The molecular formula is C18H18IN3O. The zero-order valence-corrected chi connectivity index (χ0v) is 15.2.